The highest BCUT2D eigenvalue weighted by molar-refractivity contribution is 7.14. The summed E-state index contributed by atoms with van der Waals surface area (Å²) in [4.78, 5) is 12.7. The number of aryl methyl sites for hydroxylation is 2. The molecule has 2 aromatic rings. The van der Waals surface area contributed by atoms with Gasteiger partial charge in [-0.25, -0.2) is 4.79 Å². The molecule has 1 aromatic carbocycles. The SMILES string of the molecule is CCCc1cc(CCC(CC)c2ccc(C(=O)O)s2)ccc1OCCCCO.CN.CN.CN. The van der Waals surface area contributed by atoms with Crippen LogP contribution in [0, 0.1) is 0 Å². The van der Waals surface area contributed by atoms with Gasteiger partial charge in [-0.05, 0) is 94.9 Å². The number of carboxylic acids is 1. The van der Waals surface area contributed by atoms with Gasteiger partial charge in [0.2, 0.25) is 0 Å². The summed E-state index contributed by atoms with van der Waals surface area (Å²) >= 11 is 1.40. The van der Waals surface area contributed by atoms with Crippen molar-refractivity contribution in [1.82, 2.24) is 0 Å². The molecule has 0 fully saturated rings. The Bertz CT molecular complexity index is 753. The Morgan fingerprint density at radius 1 is 1.00 bits per heavy atom. The molecule has 1 aromatic heterocycles. The molecule has 0 aliphatic heterocycles. The van der Waals surface area contributed by atoms with Crippen molar-refractivity contribution < 1.29 is 19.7 Å². The van der Waals surface area contributed by atoms with Gasteiger partial charge in [-0.3, -0.25) is 0 Å². The number of aromatic carboxylic acids is 1. The maximum atomic E-state index is 11.1. The van der Waals surface area contributed by atoms with Crippen LogP contribution in [-0.4, -0.2) is 50.5 Å². The van der Waals surface area contributed by atoms with Crippen LogP contribution in [0.1, 0.15) is 77.5 Å². The van der Waals surface area contributed by atoms with E-state index in [2.05, 4.69) is 49.2 Å². The predicted molar refractivity (Wildman–Crippen MR) is 145 cm³/mol. The molecule has 8 heteroatoms. The van der Waals surface area contributed by atoms with Crippen LogP contribution in [0.3, 0.4) is 0 Å². The number of aliphatic hydroxyl groups is 1. The number of benzene rings is 1. The first kappa shape index (κ1) is 34.2. The van der Waals surface area contributed by atoms with Crippen molar-refractivity contribution in [2.24, 2.45) is 17.2 Å². The molecular formula is C26H47N3O4S. The Morgan fingerprint density at radius 2 is 1.68 bits per heavy atom. The summed E-state index contributed by atoms with van der Waals surface area (Å²) in [6.45, 7) is 5.18. The summed E-state index contributed by atoms with van der Waals surface area (Å²) in [5.41, 5.74) is 16.1. The van der Waals surface area contributed by atoms with Gasteiger partial charge in [-0.15, -0.1) is 11.3 Å². The third kappa shape index (κ3) is 13.1. The molecule has 0 saturated heterocycles. The lowest BCUT2D eigenvalue weighted by atomic mass is 9.94. The van der Waals surface area contributed by atoms with Gasteiger partial charge >= 0.3 is 5.97 Å². The number of carboxylic acid groups (broad SMARTS) is 1. The molecule has 0 amide bonds. The van der Waals surface area contributed by atoms with Gasteiger partial charge in [0, 0.05) is 11.5 Å². The van der Waals surface area contributed by atoms with Crippen molar-refractivity contribution >= 4 is 17.3 Å². The minimum Gasteiger partial charge on any atom is -0.493 e. The predicted octanol–water partition coefficient (Wildman–Crippen LogP) is 4.40. The van der Waals surface area contributed by atoms with E-state index in [0.717, 1.165) is 55.6 Å². The average Bonchev–Trinajstić information content (AvgIpc) is 3.38. The zero-order valence-corrected chi connectivity index (χ0v) is 22.5. The van der Waals surface area contributed by atoms with E-state index in [4.69, 9.17) is 14.9 Å². The summed E-state index contributed by atoms with van der Waals surface area (Å²) < 4.78 is 5.92. The molecule has 0 bridgehead atoms. The van der Waals surface area contributed by atoms with Crippen molar-refractivity contribution in [2.75, 3.05) is 34.4 Å². The second-order valence-corrected chi connectivity index (χ2v) is 8.24. The topological polar surface area (TPSA) is 145 Å². The first-order valence-corrected chi connectivity index (χ1v) is 12.8. The first-order chi connectivity index (χ1) is 16.6. The van der Waals surface area contributed by atoms with Gasteiger partial charge < -0.3 is 32.2 Å². The minimum absolute atomic E-state index is 0.209. The van der Waals surface area contributed by atoms with Crippen LogP contribution in [0.2, 0.25) is 0 Å². The third-order valence-electron chi connectivity index (χ3n) is 4.97. The van der Waals surface area contributed by atoms with Crippen molar-refractivity contribution in [2.45, 2.75) is 64.7 Å². The lowest BCUT2D eigenvalue weighted by Crippen LogP contribution is -2.03. The molecule has 0 spiro atoms. The van der Waals surface area contributed by atoms with Crippen molar-refractivity contribution in [3.63, 3.8) is 0 Å². The standard InChI is InChI=1S/C23H32O4S.3CH5N/c1-3-7-19-16-17(9-11-20(19)27-15-6-5-14-24)8-10-18(4-2)21-12-13-22(28-21)23(25)26;3*1-2/h9,11-13,16,18,24H,3-8,10,14-15H2,1-2H3,(H,25,26);3*2H2,1H3. The zero-order chi connectivity index (χ0) is 26.4. The Balaban J connectivity index is 0. The number of thiophene rings is 1. The molecule has 1 unspecified atom stereocenters. The van der Waals surface area contributed by atoms with Crippen LogP contribution in [0.4, 0.5) is 0 Å². The summed E-state index contributed by atoms with van der Waals surface area (Å²) in [5, 5.41) is 18.0. The highest BCUT2D eigenvalue weighted by atomic mass is 32.1. The van der Waals surface area contributed by atoms with E-state index in [1.165, 1.54) is 43.6 Å². The van der Waals surface area contributed by atoms with Crippen LogP contribution in [0.5, 0.6) is 5.75 Å². The molecule has 0 saturated carbocycles. The molecule has 0 aliphatic carbocycles. The third-order valence-corrected chi connectivity index (χ3v) is 6.20. The number of hydrogen-bond acceptors (Lipinski definition) is 7. The number of rotatable bonds is 13. The van der Waals surface area contributed by atoms with Gasteiger partial charge in [0.1, 0.15) is 10.6 Å². The highest BCUT2D eigenvalue weighted by Gasteiger charge is 2.15. The first-order valence-electron chi connectivity index (χ1n) is 12.0. The van der Waals surface area contributed by atoms with Gasteiger partial charge in [-0.1, -0.05) is 32.4 Å². The number of ether oxygens (including phenoxy) is 1. The average molecular weight is 498 g/mol. The number of carbonyl (C=O) groups is 1. The van der Waals surface area contributed by atoms with Crippen molar-refractivity contribution in [3.8, 4) is 5.75 Å². The molecule has 0 aliphatic rings. The molecule has 196 valence electrons. The van der Waals surface area contributed by atoms with E-state index in [1.54, 1.807) is 6.07 Å². The Kier molecular flexibility index (Phi) is 22.9. The monoisotopic (exact) mass is 497 g/mol. The van der Waals surface area contributed by atoms with E-state index in [0.29, 0.717) is 17.4 Å². The fourth-order valence-corrected chi connectivity index (χ4v) is 4.43. The number of nitrogens with two attached hydrogens (primary N) is 3. The molecule has 34 heavy (non-hydrogen) atoms. The second kappa shape index (κ2) is 22.8. The Hall–Kier alpha value is -1.97. The smallest absolute Gasteiger partial charge is 0.345 e. The maximum Gasteiger partial charge on any atom is 0.345 e. The fraction of sp³-hybridized carbons (Fsp3) is 0.577. The molecule has 8 N–H and O–H groups in total. The molecule has 7 nitrogen and oxygen atoms in total. The van der Waals surface area contributed by atoms with Crippen molar-refractivity contribution in [1.29, 1.82) is 0 Å². The van der Waals surface area contributed by atoms with Gasteiger partial charge in [0.05, 0.1) is 6.61 Å². The maximum absolute atomic E-state index is 11.1. The summed E-state index contributed by atoms with van der Waals surface area (Å²) in [6.07, 6.45) is 6.69. The quantitative estimate of drug-likeness (QED) is 0.258. The van der Waals surface area contributed by atoms with E-state index in [1.807, 2.05) is 6.07 Å². The number of aliphatic hydroxyl groups excluding tert-OH is 1. The van der Waals surface area contributed by atoms with Crippen LogP contribution >= 0.6 is 11.3 Å². The zero-order valence-electron chi connectivity index (χ0n) is 21.7. The van der Waals surface area contributed by atoms with Gasteiger partial charge in [-0.2, -0.15) is 0 Å². The minimum atomic E-state index is -0.843. The largest absolute Gasteiger partial charge is 0.493 e. The highest BCUT2D eigenvalue weighted by Crippen LogP contribution is 2.32. The Labute approximate surface area is 210 Å². The molecular weight excluding hydrogens is 450 g/mol. The Morgan fingerprint density at radius 3 is 2.21 bits per heavy atom. The van der Waals surface area contributed by atoms with Crippen LogP contribution in [0.25, 0.3) is 0 Å². The molecule has 1 heterocycles. The molecule has 1 atom stereocenters. The van der Waals surface area contributed by atoms with E-state index in [9.17, 15) is 4.79 Å². The van der Waals surface area contributed by atoms with E-state index < -0.39 is 5.97 Å². The van der Waals surface area contributed by atoms with Gasteiger partial charge in [0.25, 0.3) is 0 Å². The van der Waals surface area contributed by atoms with E-state index in [-0.39, 0.29) is 6.61 Å². The molecule has 0 radical (unpaired) electrons. The van der Waals surface area contributed by atoms with E-state index >= 15 is 0 Å². The lowest BCUT2D eigenvalue weighted by Gasteiger charge is -2.15. The van der Waals surface area contributed by atoms with Crippen LogP contribution in [-0.2, 0) is 12.8 Å². The van der Waals surface area contributed by atoms with Crippen molar-refractivity contribution in [3.05, 3.63) is 51.2 Å². The van der Waals surface area contributed by atoms with Crippen LogP contribution in [0.15, 0.2) is 30.3 Å². The second-order valence-electron chi connectivity index (χ2n) is 7.12. The van der Waals surface area contributed by atoms with Crippen LogP contribution < -0.4 is 21.9 Å². The summed E-state index contributed by atoms with van der Waals surface area (Å²) in [5.74, 6) is 0.506. The lowest BCUT2D eigenvalue weighted by molar-refractivity contribution is 0.0702. The van der Waals surface area contributed by atoms with Gasteiger partial charge in [0.15, 0.2) is 0 Å². The normalized spacial score (nSPS) is 10.5. The fourth-order valence-electron chi connectivity index (χ4n) is 3.37. The number of hydrogen-bond donors (Lipinski definition) is 5. The molecule has 2 rings (SSSR count). The summed E-state index contributed by atoms with van der Waals surface area (Å²) in [6, 6.07) is 10.2. The number of unbranched alkanes of at least 4 members (excludes halogenated alkanes) is 1. The summed E-state index contributed by atoms with van der Waals surface area (Å²) in [7, 11) is 4.50.